The van der Waals surface area contributed by atoms with E-state index in [2.05, 4.69) is 34.5 Å². The van der Waals surface area contributed by atoms with Gasteiger partial charge in [0.15, 0.2) is 0 Å². The number of benzene rings is 1. The zero-order valence-corrected chi connectivity index (χ0v) is 10.5. The Balaban J connectivity index is 1.88. The maximum Gasteiger partial charge on any atom is 0.0582 e. The third kappa shape index (κ3) is 3.45. The molecule has 1 heterocycles. The molecule has 2 N–H and O–H groups in total. The second-order valence-electron chi connectivity index (χ2n) is 4.83. The number of nitrogens with zero attached hydrogens (tertiary/aromatic N) is 1. The molecule has 3 heteroatoms. The SMILES string of the molecule is CC(CO)NCc1ccc(N2CCCC2)cc1. The first kappa shape index (κ1) is 12.4. The summed E-state index contributed by atoms with van der Waals surface area (Å²) in [6.45, 7) is 5.38. The molecule has 1 saturated heterocycles. The summed E-state index contributed by atoms with van der Waals surface area (Å²) < 4.78 is 0. The lowest BCUT2D eigenvalue weighted by atomic mass is 10.2. The zero-order chi connectivity index (χ0) is 12.1. The molecular weight excluding hydrogens is 212 g/mol. The second kappa shape index (κ2) is 6.03. The summed E-state index contributed by atoms with van der Waals surface area (Å²) >= 11 is 0. The van der Waals surface area contributed by atoms with E-state index in [1.165, 1.54) is 37.2 Å². The Morgan fingerprint density at radius 2 is 1.88 bits per heavy atom. The number of anilines is 1. The Morgan fingerprint density at radius 3 is 2.47 bits per heavy atom. The van der Waals surface area contributed by atoms with Crippen LogP contribution in [0.2, 0.25) is 0 Å². The quantitative estimate of drug-likeness (QED) is 0.815. The van der Waals surface area contributed by atoms with E-state index in [0.29, 0.717) is 0 Å². The predicted molar refractivity (Wildman–Crippen MR) is 71.3 cm³/mol. The van der Waals surface area contributed by atoms with Gasteiger partial charge in [-0.3, -0.25) is 0 Å². The fourth-order valence-electron chi connectivity index (χ4n) is 2.16. The largest absolute Gasteiger partial charge is 0.395 e. The van der Waals surface area contributed by atoms with Crippen molar-refractivity contribution >= 4 is 5.69 Å². The van der Waals surface area contributed by atoms with Crippen LogP contribution < -0.4 is 10.2 Å². The molecule has 1 fully saturated rings. The van der Waals surface area contributed by atoms with E-state index in [1.807, 2.05) is 6.92 Å². The number of rotatable bonds is 5. The van der Waals surface area contributed by atoms with Crippen molar-refractivity contribution in [2.24, 2.45) is 0 Å². The minimum absolute atomic E-state index is 0.160. The minimum atomic E-state index is 0.160. The fraction of sp³-hybridized carbons (Fsp3) is 0.571. The molecule has 0 saturated carbocycles. The van der Waals surface area contributed by atoms with E-state index >= 15 is 0 Å². The standard InChI is InChI=1S/C14H22N2O/c1-12(11-17)15-10-13-4-6-14(7-5-13)16-8-2-3-9-16/h4-7,12,15,17H,2-3,8-11H2,1H3. The zero-order valence-electron chi connectivity index (χ0n) is 10.5. The van der Waals surface area contributed by atoms with Crippen molar-refractivity contribution in [3.63, 3.8) is 0 Å². The van der Waals surface area contributed by atoms with E-state index in [-0.39, 0.29) is 12.6 Å². The number of hydrogen-bond donors (Lipinski definition) is 2. The average Bonchev–Trinajstić information content (AvgIpc) is 2.90. The van der Waals surface area contributed by atoms with Gasteiger partial charge in [-0.25, -0.2) is 0 Å². The van der Waals surface area contributed by atoms with Crippen molar-refractivity contribution in [3.05, 3.63) is 29.8 Å². The van der Waals surface area contributed by atoms with Crippen LogP contribution in [0.25, 0.3) is 0 Å². The summed E-state index contributed by atoms with van der Waals surface area (Å²) in [5.41, 5.74) is 2.61. The van der Waals surface area contributed by atoms with Gasteiger partial charge in [0, 0.05) is 31.4 Å². The second-order valence-corrected chi connectivity index (χ2v) is 4.83. The highest BCUT2D eigenvalue weighted by atomic mass is 16.3. The van der Waals surface area contributed by atoms with Crippen molar-refractivity contribution < 1.29 is 5.11 Å². The molecule has 1 aromatic carbocycles. The van der Waals surface area contributed by atoms with Crippen molar-refractivity contribution in [2.45, 2.75) is 32.4 Å². The lowest BCUT2D eigenvalue weighted by Crippen LogP contribution is -2.28. The van der Waals surface area contributed by atoms with Gasteiger partial charge in [0.1, 0.15) is 0 Å². The first-order valence-electron chi connectivity index (χ1n) is 6.48. The van der Waals surface area contributed by atoms with Crippen LogP contribution in [0.4, 0.5) is 5.69 Å². The van der Waals surface area contributed by atoms with Gasteiger partial charge in [-0.05, 0) is 37.5 Å². The molecule has 0 amide bonds. The molecule has 2 rings (SSSR count). The van der Waals surface area contributed by atoms with Gasteiger partial charge >= 0.3 is 0 Å². The molecule has 94 valence electrons. The van der Waals surface area contributed by atoms with Crippen LogP contribution in [0.3, 0.4) is 0 Å². The minimum Gasteiger partial charge on any atom is -0.395 e. The first-order valence-corrected chi connectivity index (χ1v) is 6.48. The summed E-state index contributed by atoms with van der Waals surface area (Å²) in [7, 11) is 0. The smallest absolute Gasteiger partial charge is 0.0582 e. The highest BCUT2D eigenvalue weighted by Crippen LogP contribution is 2.20. The van der Waals surface area contributed by atoms with Crippen LogP contribution in [-0.2, 0) is 6.54 Å². The van der Waals surface area contributed by atoms with E-state index in [9.17, 15) is 0 Å². The molecule has 0 aromatic heterocycles. The van der Waals surface area contributed by atoms with E-state index in [0.717, 1.165) is 6.54 Å². The number of aliphatic hydroxyl groups excluding tert-OH is 1. The highest BCUT2D eigenvalue weighted by molar-refractivity contribution is 5.48. The topological polar surface area (TPSA) is 35.5 Å². The Morgan fingerprint density at radius 1 is 1.24 bits per heavy atom. The Kier molecular flexibility index (Phi) is 4.40. The molecule has 0 radical (unpaired) electrons. The first-order chi connectivity index (χ1) is 8.29. The number of nitrogens with one attached hydrogen (secondary N) is 1. The van der Waals surface area contributed by atoms with Gasteiger partial charge in [-0.15, -0.1) is 0 Å². The molecule has 1 atom stereocenters. The summed E-state index contributed by atoms with van der Waals surface area (Å²) in [5, 5.41) is 12.2. The molecule has 17 heavy (non-hydrogen) atoms. The Labute approximate surface area is 103 Å². The molecule has 1 aromatic rings. The van der Waals surface area contributed by atoms with Gasteiger partial charge < -0.3 is 15.3 Å². The molecule has 1 aliphatic heterocycles. The third-order valence-corrected chi connectivity index (χ3v) is 3.34. The molecule has 0 spiro atoms. The van der Waals surface area contributed by atoms with Crippen LogP contribution in [0.1, 0.15) is 25.3 Å². The average molecular weight is 234 g/mol. The summed E-state index contributed by atoms with van der Waals surface area (Å²) in [4.78, 5) is 2.44. The van der Waals surface area contributed by atoms with Crippen molar-refractivity contribution in [1.29, 1.82) is 0 Å². The van der Waals surface area contributed by atoms with Crippen molar-refractivity contribution in [3.8, 4) is 0 Å². The number of hydrogen-bond acceptors (Lipinski definition) is 3. The van der Waals surface area contributed by atoms with E-state index in [1.54, 1.807) is 0 Å². The number of aliphatic hydroxyl groups is 1. The van der Waals surface area contributed by atoms with Crippen molar-refractivity contribution in [1.82, 2.24) is 5.32 Å². The van der Waals surface area contributed by atoms with Gasteiger partial charge in [-0.1, -0.05) is 12.1 Å². The highest BCUT2D eigenvalue weighted by Gasteiger charge is 2.11. The molecule has 0 bridgehead atoms. The van der Waals surface area contributed by atoms with Crippen LogP contribution in [0, 0.1) is 0 Å². The lowest BCUT2D eigenvalue weighted by Gasteiger charge is -2.18. The van der Waals surface area contributed by atoms with Crippen LogP contribution in [0.15, 0.2) is 24.3 Å². The van der Waals surface area contributed by atoms with Crippen LogP contribution >= 0.6 is 0 Å². The van der Waals surface area contributed by atoms with Crippen LogP contribution in [0.5, 0.6) is 0 Å². The summed E-state index contributed by atoms with van der Waals surface area (Å²) in [6, 6.07) is 8.90. The van der Waals surface area contributed by atoms with Gasteiger partial charge in [0.25, 0.3) is 0 Å². The maximum absolute atomic E-state index is 8.93. The van der Waals surface area contributed by atoms with E-state index in [4.69, 9.17) is 5.11 Å². The monoisotopic (exact) mass is 234 g/mol. The molecule has 0 aliphatic carbocycles. The predicted octanol–water partition coefficient (Wildman–Crippen LogP) is 1.76. The van der Waals surface area contributed by atoms with Gasteiger partial charge in [-0.2, -0.15) is 0 Å². The van der Waals surface area contributed by atoms with Gasteiger partial charge in [0.2, 0.25) is 0 Å². The molecule has 1 aliphatic rings. The Bertz CT molecular complexity index is 331. The molecule has 1 unspecified atom stereocenters. The summed E-state index contributed by atoms with van der Waals surface area (Å²) in [6.07, 6.45) is 2.63. The summed E-state index contributed by atoms with van der Waals surface area (Å²) in [5.74, 6) is 0. The van der Waals surface area contributed by atoms with Gasteiger partial charge in [0.05, 0.1) is 6.61 Å². The Hall–Kier alpha value is -1.06. The third-order valence-electron chi connectivity index (χ3n) is 3.34. The lowest BCUT2D eigenvalue weighted by molar-refractivity contribution is 0.251. The molecule has 3 nitrogen and oxygen atoms in total. The fourth-order valence-corrected chi connectivity index (χ4v) is 2.16. The van der Waals surface area contributed by atoms with Crippen molar-refractivity contribution in [2.75, 3.05) is 24.6 Å². The van der Waals surface area contributed by atoms with Crippen LogP contribution in [-0.4, -0.2) is 30.8 Å². The van der Waals surface area contributed by atoms with E-state index < -0.39 is 0 Å². The molecular formula is C14H22N2O. The normalized spacial score (nSPS) is 17.4. The maximum atomic E-state index is 8.93.